The lowest BCUT2D eigenvalue weighted by atomic mass is 10.2. The van der Waals surface area contributed by atoms with Gasteiger partial charge in [-0.15, -0.1) is 6.58 Å². The lowest BCUT2D eigenvalue weighted by Crippen LogP contribution is -2.25. The number of aromatic nitrogens is 1. The zero-order valence-corrected chi connectivity index (χ0v) is 12.1. The van der Waals surface area contributed by atoms with Gasteiger partial charge in [-0.1, -0.05) is 25.1 Å². The van der Waals surface area contributed by atoms with Gasteiger partial charge in [0, 0.05) is 25.2 Å². The molecule has 0 saturated heterocycles. The van der Waals surface area contributed by atoms with Crippen molar-refractivity contribution in [3.63, 3.8) is 0 Å². The Hall–Kier alpha value is -1.13. The fourth-order valence-electron chi connectivity index (χ4n) is 2.15. The first-order valence-electron chi connectivity index (χ1n) is 7.19. The molecule has 1 heterocycles. The zero-order valence-electron chi connectivity index (χ0n) is 12.1. The van der Waals surface area contributed by atoms with E-state index in [0.717, 1.165) is 37.6 Å². The summed E-state index contributed by atoms with van der Waals surface area (Å²) in [5, 5.41) is 7.49. The number of hydrogen-bond acceptors (Lipinski definition) is 4. The molecule has 106 valence electrons. The topological polar surface area (TPSA) is 41.3 Å². The average Bonchev–Trinajstić information content (AvgIpc) is 3.11. The van der Waals surface area contributed by atoms with Crippen molar-refractivity contribution in [2.75, 3.05) is 13.1 Å². The van der Waals surface area contributed by atoms with Gasteiger partial charge in [0.2, 0.25) is 0 Å². The minimum atomic E-state index is 0.657. The van der Waals surface area contributed by atoms with Gasteiger partial charge in [0.25, 0.3) is 0 Å². The van der Waals surface area contributed by atoms with Crippen molar-refractivity contribution in [1.82, 2.24) is 15.4 Å². The van der Waals surface area contributed by atoms with Crippen LogP contribution in [0, 0.1) is 5.92 Å². The Balaban J connectivity index is 1.80. The van der Waals surface area contributed by atoms with E-state index in [1.165, 1.54) is 12.8 Å². The van der Waals surface area contributed by atoms with Gasteiger partial charge < -0.3 is 9.84 Å². The predicted octanol–water partition coefficient (Wildman–Crippen LogP) is 2.57. The maximum atomic E-state index is 5.41. The highest BCUT2D eigenvalue weighted by atomic mass is 16.5. The molecule has 1 aromatic heterocycles. The molecule has 0 spiro atoms. The van der Waals surface area contributed by atoms with E-state index in [1.807, 2.05) is 6.08 Å². The van der Waals surface area contributed by atoms with E-state index < -0.39 is 0 Å². The molecule has 2 rings (SSSR count). The Morgan fingerprint density at radius 1 is 1.58 bits per heavy atom. The quantitative estimate of drug-likeness (QED) is 0.695. The number of rotatable bonds is 9. The minimum absolute atomic E-state index is 0.657. The van der Waals surface area contributed by atoms with Crippen molar-refractivity contribution in [3.8, 4) is 0 Å². The van der Waals surface area contributed by atoms with Crippen molar-refractivity contribution < 1.29 is 4.52 Å². The van der Waals surface area contributed by atoms with Gasteiger partial charge in [0.1, 0.15) is 0 Å². The van der Waals surface area contributed by atoms with E-state index in [-0.39, 0.29) is 0 Å². The Kier molecular flexibility index (Phi) is 5.16. The standard InChI is InChI=1S/C15H25N3O/c1-4-7-18(14-5-6-14)11-15-8-13(17-19-15)10-16-9-12(2)3/h4,8,12,14,16H,1,5-7,9-11H2,2-3H3. The molecule has 0 aliphatic heterocycles. The molecule has 1 saturated carbocycles. The summed E-state index contributed by atoms with van der Waals surface area (Å²) in [6.07, 6.45) is 4.55. The molecule has 4 nitrogen and oxygen atoms in total. The maximum absolute atomic E-state index is 5.41. The normalized spacial score (nSPS) is 15.4. The van der Waals surface area contributed by atoms with Crippen molar-refractivity contribution in [2.45, 2.75) is 45.8 Å². The largest absolute Gasteiger partial charge is 0.360 e. The monoisotopic (exact) mass is 263 g/mol. The van der Waals surface area contributed by atoms with Gasteiger partial charge in [-0.25, -0.2) is 0 Å². The molecular formula is C15H25N3O. The fourth-order valence-corrected chi connectivity index (χ4v) is 2.15. The van der Waals surface area contributed by atoms with E-state index in [9.17, 15) is 0 Å². The minimum Gasteiger partial charge on any atom is -0.360 e. The summed E-state index contributed by atoms with van der Waals surface area (Å²) in [6.45, 7) is 11.8. The van der Waals surface area contributed by atoms with E-state index in [4.69, 9.17) is 4.52 Å². The van der Waals surface area contributed by atoms with Gasteiger partial charge in [-0.05, 0) is 25.3 Å². The molecule has 0 radical (unpaired) electrons. The van der Waals surface area contributed by atoms with E-state index in [1.54, 1.807) is 0 Å². The van der Waals surface area contributed by atoms with Crippen LogP contribution in [0.3, 0.4) is 0 Å². The van der Waals surface area contributed by atoms with Crippen molar-refractivity contribution in [2.24, 2.45) is 5.92 Å². The highest BCUT2D eigenvalue weighted by Gasteiger charge is 2.28. The van der Waals surface area contributed by atoms with Crippen LogP contribution in [0.25, 0.3) is 0 Å². The molecular weight excluding hydrogens is 238 g/mol. The number of hydrogen-bond donors (Lipinski definition) is 1. The van der Waals surface area contributed by atoms with Crippen molar-refractivity contribution in [1.29, 1.82) is 0 Å². The Bertz CT molecular complexity index is 396. The first-order valence-corrected chi connectivity index (χ1v) is 7.19. The van der Waals surface area contributed by atoms with Gasteiger partial charge in [0.15, 0.2) is 5.76 Å². The van der Waals surface area contributed by atoms with Gasteiger partial charge >= 0.3 is 0 Å². The first-order chi connectivity index (χ1) is 9.19. The number of nitrogens with one attached hydrogen (secondary N) is 1. The number of nitrogens with zero attached hydrogens (tertiary/aromatic N) is 2. The summed E-state index contributed by atoms with van der Waals surface area (Å²) in [6, 6.07) is 2.77. The first kappa shape index (κ1) is 14.3. The molecule has 19 heavy (non-hydrogen) atoms. The summed E-state index contributed by atoms with van der Waals surface area (Å²) in [5.41, 5.74) is 0.991. The maximum Gasteiger partial charge on any atom is 0.151 e. The molecule has 1 aliphatic rings. The van der Waals surface area contributed by atoms with Crippen molar-refractivity contribution >= 4 is 0 Å². The van der Waals surface area contributed by atoms with Crippen LogP contribution in [-0.2, 0) is 13.1 Å². The Morgan fingerprint density at radius 2 is 2.37 bits per heavy atom. The lowest BCUT2D eigenvalue weighted by molar-refractivity contribution is 0.242. The summed E-state index contributed by atoms with van der Waals surface area (Å²) >= 11 is 0. The second-order valence-electron chi connectivity index (χ2n) is 5.76. The molecule has 1 N–H and O–H groups in total. The van der Waals surface area contributed by atoms with Gasteiger partial charge in [-0.2, -0.15) is 0 Å². The van der Waals surface area contributed by atoms with Crippen LogP contribution in [0.5, 0.6) is 0 Å². The molecule has 1 aromatic rings. The molecule has 0 bridgehead atoms. The summed E-state index contributed by atoms with van der Waals surface area (Å²) < 4.78 is 5.41. The van der Waals surface area contributed by atoms with E-state index in [2.05, 4.69) is 41.9 Å². The molecule has 0 amide bonds. The van der Waals surface area contributed by atoms with Crippen LogP contribution in [0.4, 0.5) is 0 Å². The molecule has 0 unspecified atom stereocenters. The SMILES string of the molecule is C=CCN(Cc1cc(CNCC(C)C)no1)C1CC1. The lowest BCUT2D eigenvalue weighted by Gasteiger charge is -2.17. The molecule has 0 aromatic carbocycles. The summed E-state index contributed by atoms with van der Waals surface area (Å²) in [7, 11) is 0. The van der Waals surface area contributed by atoms with Crippen LogP contribution in [0.15, 0.2) is 23.2 Å². The third-order valence-corrected chi connectivity index (χ3v) is 3.25. The van der Waals surface area contributed by atoms with Crippen molar-refractivity contribution in [3.05, 3.63) is 30.2 Å². The van der Waals surface area contributed by atoms with Crippen LogP contribution >= 0.6 is 0 Å². The third-order valence-electron chi connectivity index (χ3n) is 3.25. The van der Waals surface area contributed by atoms with E-state index in [0.29, 0.717) is 12.0 Å². The highest BCUT2D eigenvalue weighted by Crippen LogP contribution is 2.28. The fraction of sp³-hybridized carbons (Fsp3) is 0.667. The molecule has 0 atom stereocenters. The van der Waals surface area contributed by atoms with Gasteiger partial charge in [-0.3, -0.25) is 4.90 Å². The molecule has 1 aliphatic carbocycles. The smallest absolute Gasteiger partial charge is 0.151 e. The summed E-state index contributed by atoms with van der Waals surface area (Å²) in [5.74, 6) is 1.61. The molecule has 4 heteroatoms. The van der Waals surface area contributed by atoms with Crippen LogP contribution in [0.1, 0.15) is 38.1 Å². The Labute approximate surface area is 115 Å². The molecule has 1 fully saturated rings. The highest BCUT2D eigenvalue weighted by molar-refractivity contribution is 5.06. The van der Waals surface area contributed by atoms with Gasteiger partial charge in [0.05, 0.1) is 12.2 Å². The van der Waals surface area contributed by atoms with Crippen LogP contribution < -0.4 is 5.32 Å². The zero-order chi connectivity index (χ0) is 13.7. The Morgan fingerprint density at radius 3 is 3.00 bits per heavy atom. The average molecular weight is 263 g/mol. The van der Waals surface area contributed by atoms with E-state index >= 15 is 0 Å². The van der Waals surface area contributed by atoms with Crippen LogP contribution in [-0.4, -0.2) is 29.2 Å². The third kappa shape index (κ3) is 4.80. The van der Waals surface area contributed by atoms with Crippen LogP contribution in [0.2, 0.25) is 0 Å². The second-order valence-corrected chi connectivity index (χ2v) is 5.76. The second kappa shape index (κ2) is 6.87. The predicted molar refractivity (Wildman–Crippen MR) is 76.7 cm³/mol. The summed E-state index contributed by atoms with van der Waals surface area (Å²) in [4.78, 5) is 2.40.